The van der Waals surface area contributed by atoms with Crippen LogP contribution in [0.2, 0.25) is 0 Å². The lowest BCUT2D eigenvalue weighted by Crippen LogP contribution is -2.54. The van der Waals surface area contributed by atoms with Crippen molar-refractivity contribution in [1.29, 1.82) is 0 Å². The third-order valence-corrected chi connectivity index (χ3v) is 8.20. The van der Waals surface area contributed by atoms with Gasteiger partial charge in [-0.05, 0) is 54.8 Å². The minimum Gasteiger partial charge on any atom is -0.497 e. The van der Waals surface area contributed by atoms with Gasteiger partial charge in [0.15, 0.2) is 5.82 Å². The van der Waals surface area contributed by atoms with Gasteiger partial charge in [0, 0.05) is 44.3 Å². The predicted octanol–water partition coefficient (Wildman–Crippen LogP) is 4.67. The number of alkyl halides is 3. The first-order chi connectivity index (χ1) is 20.6. The molecule has 2 aliphatic heterocycles. The molecule has 1 N–H and O–H groups in total. The van der Waals surface area contributed by atoms with Crippen molar-refractivity contribution in [3.63, 3.8) is 0 Å². The molecule has 2 aliphatic rings. The number of imidazole rings is 1. The van der Waals surface area contributed by atoms with Gasteiger partial charge in [0.2, 0.25) is 5.91 Å². The molecule has 0 unspecified atom stereocenters. The molecule has 1 spiro atoms. The van der Waals surface area contributed by atoms with E-state index in [4.69, 9.17) is 4.74 Å². The van der Waals surface area contributed by atoms with Gasteiger partial charge in [-0.1, -0.05) is 12.1 Å². The van der Waals surface area contributed by atoms with E-state index in [2.05, 4.69) is 20.2 Å². The number of carbonyl (C=O) groups is 2. The van der Waals surface area contributed by atoms with E-state index in [0.717, 1.165) is 29.0 Å². The van der Waals surface area contributed by atoms with Crippen LogP contribution >= 0.6 is 0 Å². The van der Waals surface area contributed by atoms with Crippen molar-refractivity contribution in [1.82, 2.24) is 24.2 Å². The molecule has 43 heavy (non-hydrogen) atoms. The Morgan fingerprint density at radius 1 is 1.07 bits per heavy atom. The maximum Gasteiger partial charge on any atom is 0.416 e. The van der Waals surface area contributed by atoms with Crippen LogP contribution in [-0.2, 0) is 17.5 Å². The Labute approximate surface area is 245 Å². The summed E-state index contributed by atoms with van der Waals surface area (Å²) >= 11 is 0. The van der Waals surface area contributed by atoms with Gasteiger partial charge in [-0.2, -0.15) is 13.2 Å². The van der Waals surface area contributed by atoms with Crippen LogP contribution in [0.5, 0.6) is 5.75 Å². The third-order valence-electron chi connectivity index (χ3n) is 8.20. The SMILES string of the molecule is COc1ccc(CN2C(=O)N(CC(=O)Nc3ccc(C(F)(F)F)cc3)CC23CCN(c2nccn4cncc24)CC3)cc1. The van der Waals surface area contributed by atoms with Crippen LogP contribution in [0.15, 0.2) is 73.4 Å². The quantitative estimate of drug-likeness (QED) is 0.335. The van der Waals surface area contributed by atoms with Gasteiger partial charge in [-0.25, -0.2) is 14.8 Å². The molecule has 2 aromatic carbocycles. The second kappa shape index (κ2) is 11.1. The average molecular weight is 594 g/mol. The molecule has 0 atom stereocenters. The fraction of sp³-hybridized carbons (Fsp3) is 0.333. The molecular weight excluding hydrogens is 563 g/mol. The van der Waals surface area contributed by atoms with Crippen molar-refractivity contribution in [2.45, 2.75) is 31.1 Å². The fourth-order valence-corrected chi connectivity index (χ4v) is 5.92. The zero-order chi connectivity index (χ0) is 30.2. The van der Waals surface area contributed by atoms with Crippen molar-refractivity contribution in [3.05, 3.63) is 84.6 Å². The molecule has 6 rings (SSSR count). The number of nitrogens with one attached hydrogen (secondary N) is 1. The van der Waals surface area contributed by atoms with Crippen LogP contribution < -0.4 is 15.0 Å². The molecule has 0 bridgehead atoms. The number of methoxy groups -OCH3 is 1. The van der Waals surface area contributed by atoms with Crippen molar-refractivity contribution in [3.8, 4) is 5.75 Å². The highest BCUT2D eigenvalue weighted by atomic mass is 19.4. The Balaban J connectivity index is 1.20. The van der Waals surface area contributed by atoms with Crippen molar-refractivity contribution < 1.29 is 27.5 Å². The zero-order valence-corrected chi connectivity index (χ0v) is 23.4. The maximum atomic E-state index is 13.8. The number of anilines is 2. The number of fused-ring (bicyclic) bond motifs is 1. The second-order valence-electron chi connectivity index (χ2n) is 10.8. The molecule has 2 fully saturated rings. The molecule has 2 aromatic heterocycles. The summed E-state index contributed by atoms with van der Waals surface area (Å²) in [6.45, 7) is 1.78. The van der Waals surface area contributed by atoms with Gasteiger partial charge in [-0.15, -0.1) is 0 Å². The van der Waals surface area contributed by atoms with Gasteiger partial charge in [-0.3, -0.25) is 4.79 Å². The van der Waals surface area contributed by atoms with Gasteiger partial charge in [0.1, 0.15) is 17.8 Å². The topological polar surface area (TPSA) is 95.3 Å². The minimum absolute atomic E-state index is 0.221. The number of carbonyl (C=O) groups excluding carboxylic acids is 2. The van der Waals surface area contributed by atoms with E-state index in [0.29, 0.717) is 44.8 Å². The first-order valence-corrected chi connectivity index (χ1v) is 13.8. The number of hydrogen-bond donors (Lipinski definition) is 1. The molecule has 4 heterocycles. The number of benzene rings is 2. The van der Waals surface area contributed by atoms with E-state index in [1.807, 2.05) is 39.8 Å². The predicted molar refractivity (Wildman–Crippen MR) is 153 cm³/mol. The standard InChI is InChI=1S/C30H30F3N7O3/c1-43-24-8-2-21(3-9-24)17-40-28(42)39(18-26(41)36-23-6-4-22(5-7-23)30(31,32)33)19-29(40)10-13-37(14-11-29)27-25-16-34-20-38(25)15-12-35-27/h2-9,12,15-16,20H,10-11,13-14,17-19H2,1H3,(H,36,41). The van der Waals surface area contributed by atoms with E-state index >= 15 is 0 Å². The lowest BCUT2D eigenvalue weighted by Gasteiger charge is -2.44. The van der Waals surface area contributed by atoms with Crippen molar-refractivity contribution in [2.75, 3.05) is 43.5 Å². The minimum atomic E-state index is -4.47. The summed E-state index contributed by atoms with van der Waals surface area (Å²) in [6.07, 6.45) is 3.93. The summed E-state index contributed by atoms with van der Waals surface area (Å²) in [6, 6.07) is 11.5. The van der Waals surface area contributed by atoms with E-state index < -0.39 is 23.2 Å². The number of urea groups is 1. The lowest BCUT2D eigenvalue weighted by molar-refractivity contribution is -0.137. The van der Waals surface area contributed by atoms with Crippen LogP contribution in [0, 0.1) is 0 Å². The number of amides is 3. The summed E-state index contributed by atoms with van der Waals surface area (Å²) in [7, 11) is 1.59. The van der Waals surface area contributed by atoms with Crippen LogP contribution in [0.4, 0.5) is 29.5 Å². The number of nitrogens with zero attached hydrogens (tertiary/aromatic N) is 6. The van der Waals surface area contributed by atoms with Gasteiger partial charge >= 0.3 is 12.2 Å². The normalized spacial score (nSPS) is 16.7. The maximum absolute atomic E-state index is 13.8. The molecule has 0 radical (unpaired) electrons. The van der Waals surface area contributed by atoms with Gasteiger partial charge < -0.3 is 29.2 Å². The van der Waals surface area contributed by atoms with E-state index in [-0.39, 0.29) is 18.3 Å². The second-order valence-corrected chi connectivity index (χ2v) is 10.8. The van der Waals surface area contributed by atoms with Crippen LogP contribution in [0.25, 0.3) is 5.52 Å². The first-order valence-electron chi connectivity index (χ1n) is 13.8. The van der Waals surface area contributed by atoms with Crippen molar-refractivity contribution >= 4 is 29.0 Å². The summed E-state index contributed by atoms with van der Waals surface area (Å²) < 4.78 is 46.0. The number of rotatable bonds is 7. The highest BCUT2D eigenvalue weighted by Crippen LogP contribution is 2.39. The summed E-state index contributed by atoms with van der Waals surface area (Å²) in [5.41, 5.74) is 0.731. The molecule has 2 saturated heterocycles. The number of ether oxygens (including phenoxy) is 1. The third kappa shape index (κ3) is 5.66. The summed E-state index contributed by atoms with van der Waals surface area (Å²) in [4.78, 5) is 41.2. The average Bonchev–Trinajstić information content (AvgIpc) is 3.57. The molecule has 4 aromatic rings. The summed E-state index contributed by atoms with van der Waals surface area (Å²) in [5.74, 6) is 1.06. The number of aromatic nitrogens is 3. The zero-order valence-electron chi connectivity index (χ0n) is 23.4. The highest BCUT2D eigenvalue weighted by molar-refractivity contribution is 5.95. The van der Waals surface area contributed by atoms with E-state index in [9.17, 15) is 22.8 Å². The molecular formula is C30H30F3N7O3. The number of piperidine rings is 1. The van der Waals surface area contributed by atoms with Crippen LogP contribution in [0.1, 0.15) is 24.0 Å². The Bertz CT molecular complexity index is 1610. The Morgan fingerprint density at radius 2 is 1.79 bits per heavy atom. The summed E-state index contributed by atoms with van der Waals surface area (Å²) in [5, 5.41) is 2.62. The molecule has 0 saturated carbocycles. The molecule has 224 valence electrons. The number of hydrogen-bond acceptors (Lipinski definition) is 6. The lowest BCUT2D eigenvalue weighted by atomic mass is 9.86. The van der Waals surface area contributed by atoms with E-state index in [1.165, 1.54) is 17.0 Å². The number of halogens is 3. The van der Waals surface area contributed by atoms with Gasteiger partial charge in [0.25, 0.3) is 0 Å². The van der Waals surface area contributed by atoms with Crippen LogP contribution in [-0.4, -0.2) is 74.9 Å². The Morgan fingerprint density at radius 3 is 2.47 bits per heavy atom. The monoisotopic (exact) mass is 593 g/mol. The first kappa shape index (κ1) is 28.3. The fourth-order valence-electron chi connectivity index (χ4n) is 5.92. The van der Waals surface area contributed by atoms with Gasteiger partial charge in [0.05, 0.1) is 30.7 Å². The molecule has 10 nitrogen and oxygen atoms in total. The Hall–Kier alpha value is -4.81. The van der Waals surface area contributed by atoms with Crippen LogP contribution in [0.3, 0.4) is 0 Å². The molecule has 0 aliphatic carbocycles. The van der Waals surface area contributed by atoms with Crippen molar-refractivity contribution in [2.24, 2.45) is 0 Å². The molecule has 3 amide bonds. The smallest absolute Gasteiger partial charge is 0.416 e. The largest absolute Gasteiger partial charge is 0.497 e. The molecule has 13 heteroatoms. The highest BCUT2D eigenvalue weighted by Gasteiger charge is 2.51. The van der Waals surface area contributed by atoms with E-state index in [1.54, 1.807) is 25.8 Å². The Kier molecular flexibility index (Phi) is 7.32.